The number of nitrogens with zero attached hydrogens (tertiary/aromatic N) is 4. The summed E-state index contributed by atoms with van der Waals surface area (Å²) >= 11 is 0. The van der Waals surface area contributed by atoms with Gasteiger partial charge in [-0.3, -0.25) is 13.9 Å². The fourth-order valence-electron chi connectivity index (χ4n) is 4.28. The number of imidazole rings is 1. The maximum atomic E-state index is 13.7. The Morgan fingerprint density at radius 2 is 1.77 bits per heavy atom. The molecule has 0 aliphatic carbocycles. The first kappa shape index (κ1) is 22.5. The Balaban J connectivity index is 1.74. The number of methoxy groups -OCH3 is 1. The first-order valence-electron chi connectivity index (χ1n) is 11.2. The second-order valence-corrected chi connectivity index (χ2v) is 8.44. The van der Waals surface area contributed by atoms with E-state index in [-0.39, 0.29) is 13.1 Å². The average Bonchev–Trinajstić information content (AvgIpc) is 3.27. The van der Waals surface area contributed by atoms with Gasteiger partial charge in [0.25, 0.3) is 5.56 Å². The summed E-state index contributed by atoms with van der Waals surface area (Å²) in [6.07, 6.45) is 1.55. The second kappa shape index (κ2) is 9.19. The highest BCUT2D eigenvalue weighted by molar-refractivity contribution is 5.81. The monoisotopic (exact) mass is 472 g/mol. The van der Waals surface area contributed by atoms with Crippen molar-refractivity contribution < 1.29 is 9.15 Å². The molecule has 0 saturated heterocycles. The van der Waals surface area contributed by atoms with Crippen LogP contribution in [0.1, 0.15) is 16.7 Å². The minimum atomic E-state index is -0.540. The van der Waals surface area contributed by atoms with Crippen LogP contribution >= 0.6 is 0 Å². The van der Waals surface area contributed by atoms with Crippen LogP contribution in [0.4, 0.5) is 0 Å². The molecule has 3 aromatic heterocycles. The van der Waals surface area contributed by atoms with Gasteiger partial charge in [0.2, 0.25) is 0 Å². The molecule has 3 heterocycles. The zero-order valence-electron chi connectivity index (χ0n) is 19.4. The first-order valence-corrected chi connectivity index (χ1v) is 11.2. The van der Waals surface area contributed by atoms with Crippen molar-refractivity contribution in [2.24, 2.45) is 0 Å². The summed E-state index contributed by atoms with van der Waals surface area (Å²) in [6, 6.07) is 16.3. The number of hydrogen-bond acceptors (Lipinski definition) is 6. The molecule has 2 aromatic carbocycles. The maximum absolute atomic E-state index is 13.7. The van der Waals surface area contributed by atoms with Gasteiger partial charge in [-0.15, -0.1) is 0 Å². The fraction of sp³-hybridized carbons (Fsp3) is 0.231. The van der Waals surface area contributed by atoms with Crippen LogP contribution in [0.3, 0.4) is 0 Å². The van der Waals surface area contributed by atoms with Crippen molar-refractivity contribution in [1.82, 2.24) is 18.7 Å². The van der Waals surface area contributed by atoms with Crippen molar-refractivity contribution in [3.8, 4) is 0 Å². The van der Waals surface area contributed by atoms with Crippen molar-refractivity contribution in [1.29, 1.82) is 0 Å². The summed E-state index contributed by atoms with van der Waals surface area (Å²) in [5.41, 5.74) is 1.87. The summed E-state index contributed by atoms with van der Waals surface area (Å²) in [4.78, 5) is 44.0. The molecule has 0 saturated carbocycles. The molecule has 0 spiro atoms. The number of aromatic nitrogens is 4. The van der Waals surface area contributed by atoms with E-state index in [0.717, 1.165) is 15.7 Å². The Morgan fingerprint density at radius 1 is 0.971 bits per heavy atom. The van der Waals surface area contributed by atoms with Crippen molar-refractivity contribution in [3.05, 3.63) is 109 Å². The highest BCUT2D eigenvalue weighted by Gasteiger charge is 2.19. The van der Waals surface area contributed by atoms with Crippen LogP contribution in [0.25, 0.3) is 22.1 Å². The predicted molar refractivity (Wildman–Crippen MR) is 132 cm³/mol. The van der Waals surface area contributed by atoms with Crippen LogP contribution in [-0.2, 0) is 24.4 Å². The van der Waals surface area contributed by atoms with Gasteiger partial charge in [-0.25, -0.2) is 14.6 Å². The largest absolute Gasteiger partial charge is 0.423 e. The number of rotatable bonds is 7. The molecule has 0 amide bonds. The zero-order chi connectivity index (χ0) is 24.5. The van der Waals surface area contributed by atoms with E-state index in [0.29, 0.717) is 40.8 Å². The summed E-state index contributed by atoms with van der Waals surface area (Å²) in [5.74, 6) is 0. The van der Waals surface area contributed by atoms with Gasteiger partial charge in [0.15, 0.2) is 11.2 Å². The van der Waals surface area contributed by atoms with E-state index >= 15 is 0 Å². The average molecular weight is 473 g/mol. The smallest absolute Gasteiger partial charge is 0.336 e. The van der Waals surface area contributed by atoms with E-state index in [4.69, 9.17) is 9.15 Å². The van der Waals surface area contributed by atoms with Gasteiger partial charge in [-0.05, 0) is 29.7 Å². The number of ether oxygens (including phenoxy) is 1. The molecule has 0 N–H and O–H groups in total. The Labute approximate surface area is 199 Å². The highest BCUT2D eigenvalue weighted by atomic mass is 16.5. The molecule has 0 fully saturated rings. The van der Waals surface area contributed by atoms with Crippen molar-refractivity contribution in [2.75, 3.05) is 13.7 Å². The lowest BCUT2D eigenvalue weighted by Crippen LogP contribution is -2.41. The van der Waals surface area contributed by atoms with Crippen molar-refractivity contribution in [3.63, 3.8) is 0 Å². The van der Waals surface area contributed by atoms with Crippen LogP contribution in [0.15, 0.2) is 79.7 Å². The molecular weight excluding hydrogens is 448 g/mol. The lowest BCUT2D eigenvalue weighted by molar-refractivity contribution is 0.188. The maximum Gasteiger partial charge on any atom is 0.336 e. The number of fused-ring (bicyclic) bond motifs is 2. The van der Waals surface area contributed by atoms with E-state index < -0.39 is 16.9 Å². The van der Waals surface area contributed by atoms with Crippen LogP contribution in [-0.4, -0.2) is 32.4 Å². The Hall–Kier alpha value is -4.24. The van der Waals surface area contributed by atoms with Gasteiger partial charge in [0, 0.05) is 25.1 Å². The van der Waals surface area contributed by atoms with E-state index in [1.807, 2.05) is 49.4 Å². The summed E-state index contributed by atoms with van der Waals surface area (Å²) in [5, 5.41) is 0.670. The van der Waals surface area contributed by atoms with Crippen LogP contribution in [0.5, 0.6) is 0 Å². The zero-order valence-corrected chi connectivity index (χ0v) is 19.4. The molecular formula is C26H24N4O5. The normalized spacial score (nSPS) is 11.5. The molecule has 0 atom stereocenters. The third-order valence-electron chi connectivity index (χ3n) is 6.02. The van der Waals surface area contributed by atoms with E-state index in [9.17, 15) is 14.4 Å². The van der Waals surface area contributed by atoms with Gasteiger partial charge in [0.05, 0.1) is 26.0 Å². The Bertz CT molecular complexity index is 1710. The van der Waals surface area contributed by atoms with Gasteiger partial charge < -0.3 is 13.7 Å². The first-order chi connectivity index (χ1) is 17.0. The van der Waals surface area contributed by atoms with Crippen molar-refractivity contribution >= 4 is 22.1 Å². The van der Waals surface area contributed by atoms with E-state index in [1.165, 1.54) is 10.6 Å². The summed E-state index contributed by atoms with van der Waals surface area (Å²) in [6.45, 7) is 2.85. The van der Waals surface area contributed by atoms with Crippen LogP contribution in [0, 0.1) is 6.92 Å². The predicted octanol–water partition coefficient (Wildman–Crippen LogP) is 2.52. The standard InChI is InChI=1S/C26H24N4O5/c1-17-8-9-20-19(13-22(31)35-21(20)12-17)15-30-25(32)23-24(27-16-28(23)10-11-34-2)29(26(30)33)14-18-6-4-3-5-7-18/h3-9,12-13,16H,10-11,14-15H2,1-2H3. The third-order valence-corrected chi connectivity index (χ3v) is 6.02. The third kappa shape index (κ3) is 4.22. The molecule has 0 unspecified atom stereocenters. The minimum Gasteiger partial charge on any atom is -0.423 e. The number of benzene rings is 2. The van der Waals surface area contributed by atoms with E-state index in [2.05, 4.69) is 4.98 Å². The van der Waals surface area contributed by atoms with Crippen LogP contribution in [0.2, 0.25) is 0 Å². The molecule has 5 aromatic rings. The molecule has 178 valence electrons. The minimum absolute atomic E-state index is 0.0803. The quantitative estimate of drug-likeness (QED) is 0.338. The Kier molecular flexibility index (Phi) is 5.92. The highest BCUT2D eigenvalue weighted by Crippen LogP contribution is 2.19. The molecule has 0 aliphatic rings. The van der Waals surface area contributed by atoms with E-state index in [1.54, 1.807) is 24.1 Å². The topological polar surface area (TPSA) is 101 Å². The molecule has 35 heavy (non-hydrogen) atoms. The molecule has 0 aliphatic heterocycles. The number of hydrogen-bond donors (Lipinski definition) is 0. The molecule has 5 rings (SSSR count). The van der Waals surface area contributed by atoms with Gasteiger partial charge >= 0.3 is 11.3 Å². The molecule has 9 heteroatoms. The molecule has 9 nitrogen and oxygen atoms in total. The Morgan fingerprint density at radius 3 is 2.54 bits per heavy atom. The lowest BCUT2D eigenvalue weighted by atomic mass is 10.1. The summed E-state index contributed by atoms with van der Waals surface area (Å²) in [7, 11) is 1.58. The van der Waals surface area contributed by atoms with Gasteiger partial charge in [-0.2, -0.15) is 0 Å². The number of aryl methyl sites for hydroxylation is 1. The second-order valence-electron chi connectivity index (χ2n) is 8.44. The van der Waals surface area contributed by atoms with Crippen LogP contribution < -0.4 is 16.9 Å². The SMILES string of the molecule is COCCn1cnc2c1c(=O)n(Cc1cc(=O)oc3cc(C)ccc13)c(=O)n2Cc1ccccc1. The molecule has 0 radical (unpaired) electrons. The van der Waals surface area contributed by atoms with Crippen molar-refractivity contribution in [2.45, 2.75) is 26.6 Å². The molecule has 0 bridgehead atoms. The van der Waals surface area contributed by atoms with Gasteiger partial charge in [0.1, 0.15) is 5.58 Å². The lowest BCUT2D eigenvalue weighted by Gasteiger charge is -2.14. The fourth-order valence-corrected chi connectivity index (χ4v) is 4.28. The summed E-state index contributed by atoms with van der Waals surface area (Å²) < 4.78 is 14.9. The van der Waals surface area contributed by atoms with Gasteiger partial charge in [-0.1, -0.05) is 42.5 Å².